The lowest BCUT2D eigenvalue weighted by atomic mass is 10.1. The number of hydrogen-bond donors (Lipinski definition) is 0. The Morgan fingerprint density at radius 2 is 0.692 bits per heavy atom. The lowest BCUT2D eigenvalue weighted by molar-refractivity contribution is -0.870. The van der Waals surface area contributed by atoms with Crippen LogP contribution in [0, 0.1) is 0 Å². The monoisotopic (exact) mass is 1100 g/mol. The third-order valence-electron chi connectivity index (χ3n) is 12.7. The molecule has 9 nitrogen and oxygen atoms in total. The van der Waals surface area contributed by atoms with E-state index in [9.17, 15) is 19.0 Å². The molecule has 0 saturated heterocycles. The second-order valence-electron chi connectivity index (χ2n) is 21.3. The van der Waals surface area contributed by atoms with Crippen molar-refractivity contribution in [3.63, 3.8) is 0 Å². The van der Waals surface area contributed by atoms with Crippen molar-refractivity contribution in [2.45, 2.75) is 238 Å². The summed E-state index contributed by atoms with van der Waals surface area (Å²) in [6.07, 6.45) is 83.5. The number of esters is 2. The highest BCUT2D eigenvalue weighted by Gasteiger charge is 2.22. The molecule has 78 heavy (non-hydrogen) atoms. The molecular weight excluding hydrogens is 990 g/mol. The maximum atomic E-state index is 12.8. The Balaban J connectivity index is 4.19. The van der Waals surface area contributed by atoms with Crippen LogP contribution in [0.5, 0.6) is 0 Å². The number of hydrogen-bond acceptors (Lipinski definition) is 8. The van der Waals surface area contributed by atoms with Crippen LogP contribution in [-0.4, -0.2) is 70.0 Å². The molecule has 0 amide bonds. The molecule has 0 aliphatic rings. The third kappa shape index (κ3) is 61.4. The van der Waals surface area contributed by atoms with Gasteiger partial charge in [0.1, 0.15) is 19.8 Å². The van der Waals surface area contributed by atoms with Gasteiger partial charge in [-0.3, -0.25) is 14.2 Å². The maximum absolute atomic E-state index is 12.8. The van der Waals surface area contributed by atoms with Crippen molar-refractivity contribution in [2.75, 3.05) is 47.5 Å². The highest BCUT2D eigenvalue weighted by molar-refractivity contribution is 7.45. The van der Waals surface area contributed by atoms with Gasteiger partial charge in [0.15, 0.2) is 6.10 Å². The van der Waals surface area contributed by atoms with Crippen molar-refractivity contribution in [1.29, 1.82) is 0 Å². The molecule has 0 saturated carbocycles. The molecule has 2 unspecified atom stereocenters. The van der Waals surface area contributed by atoms with Crippen LogP contribution in [0.1, 0.15) is 232 Å². The van der Waals surface area contributed by atoms with Crippen LogP contribution in [0.2, 0.25) is 0 Å². The minimum atomic E-state index is -4.65. The van der Waals surface area contributed by atoms with E-state index in [-0.39, 0.29) is 26.1 Å². The molecule has 0 aliphatic heterocycles. The summed E-state index contributed by atoms with van der Waals surface area (Å²) in [6, 6.07) is 0. The van der Waals surface area contributed by atoms with Crippen LogP contribution in [0.3, 0.4) is 0 Å². The summed E-state index contributed by atoms with van der Waals surface area (Å²) >= 11 is 0. The van der Waals surface area contributed by atoms with Crippen molar-refractivity contribution in [2.24, 2.45) is 0 Å². The van der Waals surface area contributed by atoms with Gasteiger partial charge in [0, 0.05) is 12.8 Å². The summed E-state index contributed by atoms with van der Waals surface area (Å²) in [5, 5.41) is 0. The number of allylic oxidation sites excluding steroid dienone is 22. The Hall–Kier alpha value is -3.85. The van der Waals surface area contributed by atoms with Gasteiger partial charge in [0.25, 0.3) is 7.82 Å². The van der Waals surface area contributed by atoms with E-state index in [1.54, 1.807) is 0 Å². The van der Waals surface area contributed by atoms with E-state index >= 15 is 0 Å². The molecule has 0 N–H and O–H groups in total. The quantitative estimate of drug-likeness (QED) is 0.0195. The first-order valence-corrected chi connectivity index (χ1v) is 32.4. The molecule has 0 rings (SSSR count). The molecule has 0 spiro atoms. The number of ether oxygens (including phenoxy) is 2. The van der Waals surface area contributed by atoms with Crippen LogP contribution in [-0.2, 0) is 32.7 Å². The molecule has 444 valence electrons. The number of quaternary nitrogens is 1. The molecule has 0 aromatic heterocycles. The van der Waals surface area contributed by atoms with Gasteiger partial charge in [0.05, 0.1) is 27.7 Å². The van der Waals surface area contributed by atoms with Gasteiger partial charge in [-0.25, -0.2) is 0 Å². The van der Waals surface area contributed by atoms with Crippen LogP contribution in [0.4, 0.5) is 0 Å². The fourth-order valence-electron chi connectivity index (χ4n) is 7.98. The zero-order chi connectivity index (χ0) is 57.0. The number of likely N-dealkylation sites (N-methyl/N-ethyl adjacent to an activating group) is 1. The van der Waals surface area contributed by atoms with Gasteiger partial charge in [-0.15, -0.1) is 0 Å². The number of phosphoric ester groups is 1. The first-order chi connectivity index (χ1) is 38.0. The smallest absolute Gasteiger partial charge is 0.306 e. The third-order valence-corrected chi connectivity index (χ3v) is 13.6. The second-order valence-corrected chi connectivity index (χ2v) is 22.7. The Kier molecular flexibility index (Phi) is 55.0. The molecule has 10 heteroatoms. The summed E-state index contributed by atoms with van der Waals surface area (Å²) in [7, 11) is 1.14. The van der Waals surface area contributed by atoms with Crippen molar-refractivity contribution in [3.8, 4) is 0 Å². The van der Waals surface area contributed by atoms with Crippen LogP contribution in [0.25, 0.3) is 0 Å². The predicted molar refractivity (Wildman–Crippen MR) is 332 cm³/mol. The predicted octanol–water partition coefficient (Wildman–Crippen LogP) is 19.1. The lowest BCUT2D eigenvalue weighted by Crippen LogP contribution is -2.37. The van der Waals surface area contributed by atoms with E-state index in [2.05, 4.69) is 148 Å². The Morgan fingerprint density at radius 3 is 1.03 bits per heavy atom. The molecule has 0 fully saturated rings. The minimum Gasteiger partial charge on any atom is -0.756 e. The number of phosphoric acid groups is 1. The van der Waals surface area contributed by atoms with Gasteiger partial charge >= 0.3 is 11.9 Å². The fraction of sp³-hybridized carbons (Fsp3) is 0.647. The van der Waals surface area contributed by atoms with Crippen molar-refractivity contribution in [3.05, 3.63) is 134 Å². The summed E-state index contributed by atoms with van der Waals surface area (Å²) in [5.74, 6) is -0.852. The topological polar surface area (TPSA) is 111 Å². The molecule has 0 heterocycles. The Bertz CT molecular complexity index is 1780. The normalized spacial score (nSPS) is 14.2. The molecule has 0 aromatic carbocycles. The van der Waals surface area contributed by atoms with E-state index in [1.807, 2.05) is 21.1 Å². The van der Waals surface area contributed by atoms with Gasteiger partial charge in [-0.05, 0) is 109 Å². The van der Waals surface area contributed by atoms with Crippen LogP contribution >= 0.6 is 7.82 Å². The van der Waals surface area contributed by atoms with Crippen LogP contribution in [0.15, 0.2) is 134 Å². The van der Waals surface area contributed by atoms with Gasteiger partial charge in [0.2, 0.25) is 0 Å². The number of rotatable bonds is 55. The highest BCUT2D eigenvalue weighted by Crippen LogP contribution is 2.38. The Morgan fingerprint density at radius 1 is 0.397 bits per heavy atom. The second kappa shape index (κ2) is 57.8. The van der Waals surface area contributed by atoms with Crippen molar-refractivity contribution in [1.82, 2.24) is 0 Å². The Labute approximate surface area is 479 Å². The molecule has 0 bridgehead atoms. The van der Waals surface area contributed by atoms with E-state index in [1.165, 1.54) is 70.6 Å². The fourth-order valence-corrected chi connectivity index (χ4v) is 8.71. The first-order valence-electron chi connectivity index (χ1n) is 30.9. The summed E-state index contributed by atoms with van der Waals surface area (Å²) in [5.41, 5.74) is 0. The average molecular weight is 1100 g/mol. The van der Waals surface area contributed by atoms with E-state index < -0.39 is 32.5 Å². The maximum Gasteiger partial charge on any atom is 0.306 e. The van der Waals surface area contributed by atoms with E-state index in [4.69, 9.17) is 18.5 Å². The number of unbranched alkanes of at least 4 members (excludes halogenated alkanes) is 19. The molecule has 0 aromatic rings. The summed E-state index contributed by atoms with van der Waals surface area (Å²) < 4.78 is 34.2. The standard InChI is InChI=1S/C68H114NO8P/c1-6-8-10-12-14-16-18-20-22-24-26-28-30-31-32-33-34-35-36-37-39-41-43-45-47-49-51-53-55-57-59-61-68(71)77-66(65-76-78(72,73)75-63-62-69(3,4)5)64-74-67(70)60-58-56-54-52-50-48-46-44-42-40-38-29-27-25-23-21-19-17-15-13-11-9-7-2/h8-11,14-17,20-23,26-29,31-32,34-35,37,39,66H,6-7,12-13,18-19,24-25,30,33,36,38,40-65H2,1-5H3/b10-8-,11-9-,16-14-,17-15-,22-20-,23-21-,28-26-,29-27-,32-31-,35-34-,39-37-. The highest BCUT2D eigenvalue weighted by atomic mass is 31.2. The molecule has 2 atom stereocenters. The van der Waals surface area contributed by atoms with Crippen molar-refractivity contribution >= 4 is 19.8 Å². The number of nitrogens with zero attached hydrogens (tertiary/aromatic N) is 1. The van der Waals surface area contributed by atoms with Crippen LogP contribution < -0.4 is 4.89 Å². The van der Waals surface area contributed by atoms with Crippen molar-refractivity contribution < 1.29 is 42.1 Å². The molecule has 0 aliphatic carbocycles. The number of carbonyl (C=O) groups excluding carboxylic acids is 2. The van der Waals surface area contributed by atoms with E-state index in [0.29, 0.717) is 17.4 Å². The largest absolute Gasteiger partial charge is 0.756 e. The zero-order valence-corrected chi connectivity index (χ0v) is 51.2. The van der Waals surface area contributed by atoms with Gasteiger partial charge < -0.3 is 27.9 Å². The molecular formula is C68H114NO8P. The van der Waals surface area contributed by atoms with Gasteiger partial charge in [-0.1, -0.05) is 244 Å². The lowest BCUT2D eigenvalue weighted by Gasteiger charge is -2.28. The SMILES string of the molecule is CC/C=C\C/C=C\C/C=C\C/C=C\C/C=C\C/C=C\C/C=C\CCCCCCCCCCCC(=O)OC(COC(=O)CCCCCCCCCCCC/C=C\C/C=C\C/C=C\C/C=C\CC)COP(=O)([O-])OCC[N+](C)(C)C. The summed E-state index contributed by atoms with van der Waals surface area (Å²) in [6.45, 7) is 3.99. The first kappa shape index (κ1) is 74.2. The zero-order valence-electron chi connectivity index (χ0n) is 50.3. The number of carbonyl (C=O) groups is 2. The molecule has 0 radical (unpaired) electrons. The van der Waals surface area contributed by atoms with E-state index in [0.717, 1.165) is 128 Å². The van der Waals surface area contributed by atoms with Gasteiger partial charge in [-0.2, -0.15) is 0 Å². The summed E-state index contributed by atoms with van der Waals surface area (Å²) in [4.78, 5) is 38.0. The minimum absolute atomic E-state index is 0.0398. The average Bonchev–Trinajstić information content (AvgIpc) is 3.40.